The van der Waals surface area contributed by atoms with Crippen LogP contribution in [-0.4, -0.2) is 30.2 Å². The molecule has 2 aromatic rings. The predicted octanol–water partition coefficient (Wildman–Crippen LogP) is 0.858. The number of rotatable bonds is 6. The molecule has 1 aromatic heterocycles. The highest BCUT2D eigenvalue weighted by Crippen LogP contribution is 2.11. The number of hydrogen-bond donors (Lipinski definition) is 1. The minimum Gasteiger partial charge on any atom is -0.347 e. The quantitative estimate of drug-likeness (QED) is 0.849. The van der Waals surface area contributed by atoms with Crippen molar-refractivity contribution in [1.82, 2.24) is 15.5 Å². The van der Waals surface area contributed by atoms with Crippen LogP contribution in [0.4, 0.5) is 0 Å². The maximum Gasteiger partial charge on any atom is 0.246 e. The zero-order chi connectivity index (χ0) is 15.3. The molecule has 1 heterocycles. The van der Waals surface area contributed by atoms with E-state index in [-0.39, 0.29) is 35.4 Å². The molecule has 0 aliphatic rings. The lowest BCUT2D eigenvalue weighted by molar-refractivity contribution is -0.121. The second kappa shape index (κ2) is 6.49. The van der Waals surface area contributed by atoms with E-state index in [0.717, 1.165) is 0 Å². The van der Waals surface area contributed by atoms with Gasteiger partial charge in [0, 0.05) is 6.42 Å². The van der Waals surface area contributed by atoms with E-state index in [9.17, 15) is 13.2 Å². The van der Waals surface area contributed by atoms with Gasteiger partial charge in [0.15, 0.2) is 15.7 Å². The van der Waals surface area contributed by atoms with Crippen LogP contribution in [0.5, 0.6) is 0 Å². The minimum absolute atomic E-state index is 0.0884. The maximum absolute atomic E-state index is 12.0. The topological polar surface area (TPSA) is 102 Å². The summed E-state index contributed by atoms with van der Waals surface area (Å²) >= 11 is 0. The normalized spacial score (nSPS) is 11.3. The van der Waals surface area contributed by atoms with Crippen molar-refractivity contribution < 1.29 is 17.7 Å². The lowest BCUT2D eigenvalue weighted by atomic mass is 10.4. The summed E-state index contributed by atoms with van der Waals surface area (Å²) in [7, 11) is -3.45. The van der Waals surface area contributed by atoms with Crippen LogP contribution >= 0.6 is 0 Å². The number of benzene rings is 1. The predicted molar refractivity (Wildman–Crippen MR) is 74.0 cm³/mol. The molecular formula is C13H15N3O4S. The molecule has 0 saturated carbocycles. The van der Waals surface area contributed by atoms with Crippen molar-refractivity contribution in [3.63, 3.8) is 0 Å². The number of aromatic nitrogens is 2. The lowest BCUT2D eigenvalue weighted by Crippen LogP contribution is -2.25. The fourth-order valence-electron chi connectivity index (χ4n) is 1.65. The molecule has 0 unspecified atom stereocenters. The molecule has 0 bridgehead atoms. The van der Waals surface area contributed by atoms with E-state index in [1.54, 1.807) is 25.1 Å². The Morgan fingerprint density at radius 3 is 2.62 bits per heavy atom. The second-order valence-electron chi connectivity index (χ2n) is 4.39. The van der Waals surface area contributed by atoms with E-state index in [0.29, 0.717) is 5.82 Å². The Hall–Kier alpha value is -2.22. The number of hydrogen-bond acceptors (Lipinski definition) is 6. The van der Waals surface area contributed by atoms with Crippen molar-refractivity contribution >= 4 is 15.7 Å². The third kappa shape index (κ3) is 4.38. The fraction of sp³-hybridized carbons (Fsp3) is 0.308. The number of sulfone groups is 1. The number of carbonyl (C=O) groups is 1. The first-order valence-electron chi connectivity index (χ1n) is 6.31. The Morgan fingerprint density at radius 1 is 1.29 bits per heavy atom. The van der Waals surface area contributed by atoms with Crippen LogP contribution in [0.2, 0.25) is 0 Å². The number of carbonyl (C=O) groups excluding carboxylic acids is 1. The Balaban J connectivity index is 1.84. The summed E-state index contributed by atoms with van der Waals surface area (Å²) in [6.45, 7) is 1.76. The zero-order valence-electron chi connectivity index (χ0n) is 11.4. The van der Waals surface area contributed by atoms with Gasteiger partial charge in [-0.05, 0) is 19.1 Å². The molecule has 2 rings (SSSR count). The maximum atomic E-state index is 12.0. The van der Waals surface area contributed by atoms with Crippen LogP contribution in [0, 0.1) is 6.92 Å². The van der Waals surface area contributed by atoms with Crippen molar-refractivity contribution in [2.24, 2.45) is 0 Å². The van der Waals surface area contributed by atoms with E-state index < -0.39 is 9.84 Å². The molecule has 1 N–H and O–H groups in total. The highest BCUT2D eigenvalue weighted by Gasteiger charge is 2.16. The van der Waals surface area contributed by atoms with Gasteiger partial charge in [-0.3, -0.25) is 4.79 Å². The third-order valence-electron chi connectivity index (χ3n) is 2.71. The minimum atomic E-state index is -3.45. The molecule has 7 nitrogen and oxygen atoms in total. The number of amides is 1. The third-order valence-corrected chi connectivity index (χ3v) is 4.44. The molecule has 0 aliphatic heterocycles. The summed E-state index contributed by atoms with van der Waals surface area (Å²) in [5, 5.41) is 6.12. The van der Waals surface area contributed by atoms with E-state index in [1.807, 2.05) is 0 Å². The van der Waals surface area contributed by atoms with Gasteiger partial charge < -0.3 is 9.84 Å². The number of nitrogens with zero attached hydrogens (tertiary/aromatic N) is 2. The summed E-state index contributed by atoms with van der Waals surface area (Å²) in [4.78, 5) is 15.8. The molecule has 0 spiro atoms. The van der Waals surface area contributed by atoms with Gasteiger partial charge in [-0.2, -0.15) is 4.98 Å². The fourth-order valence-corrected chi connectivity index (χ4v) is 2.91. The molecule has 0 aliphatic carbocycles. The van der Waals surface area contributed by atoms with Crippen LogP contribution in [0.25, 0.3) is 0 Å². The summed E-state index contributed by atoms with van der Waals surface area (Å²) in [6.07, 6.45) is -0.121. The first-order valence-corrected chi connectivity index (χ1v) is 7.96. The van der Waals surface area contributed by atoms with Crippen molar-refractivity contribution in [2.45, 2.75) is 24.8 Å². The molecule has 0 atom stereocenters. The smallest absolute Gasteiger partial charge is 0.246 e. The van der Waals surface area contributed by atoms with Crippen LogP contribution in [0.15, 0.2) is 39.8 Å². The average molecular weight is 309 g/mol. The largest absolute Gasteiger partial charge is 0.347 e. The monoisotopic (exact) mass is 309 g/mol. The zero-order valence-corrected chi connectivity index (χ0v) is 12.3. The average Bonchev–Trinajstić information content (AvgIpc) is 2.90. The summed E-state index contributed by atoms with van der Waals surface area (Å²) in [5.41, 5.74) is 0. The first kappa shape index (κ1) is 15.2. The van der Waals surface area contributed by atoms with Gasteiger partial charge in [0.2, 0.25) is 11.8 Å². The molecule has 0 fully saturated rings. The van der Waals surface area contributed by atoms with Crippen molar-refractivity contribution in [2.75, 3.05) is 5.75 Å². The van der Waals surface area contributed by atoms with Crippen LogP contribution < -0.4 is 5.32 Å². The Kier molecular flexibility index (Phi) is 4.69. The Bertz CT molecular complexity index is 710. The van der Waals surface area contributed by atoms with Gasteiger partial charge in [-0.15, -0.1) is 0 Å². The molecular weight excluding hydrogens is 294 g/mol. The van der Waals surface area contributed by atoms with Crippen molar-refractivity contribution in [1.29, 1.82) is 0 Å². The standard InChI is InChI=1S/C13H15N3O4S/c1-10-15-13(20-16-10)9-14-12(17)7-8-21(18,19)11-5-3-2-4-6-11/h2-6H,7-9H2,1H3,(H,14,17). The second-order valence-corrected chi connectivity index (χ2v) is 6.50. The molecule has 8 heteroatoms. The molecule has 1 aromatic carbocycles. The van der Waals surface area contributed by atoms with Crippen LogP contribution in [-0.2, 0) is 21.2 Å². The first-order chi connectivity index (χ1) is 9.97. The van der Waals surface area contributed by atoms with Gasteiger partial charge in [0.05, 0.1) is 17.2 Å². The molecule has 0 radical (unpaired) electrons. The number of aryl methyl sites for hydroxylation is 1. The van der Waals surface area contributed by atoms with Gasteiger partial charge in [0.1, 0.15) is 0 Å². The molecule has 21 heavy (non-hydrogen) atoms. The Morgan fingerprint density at radius 2 is 2.00 bits per heavy atom. The lowest BCUT2D eigenvalue weighted by Gasteiger charge is -2.04. The van der Waals surface area contributed by atoms with E-state index in [2.05, 4.69) is 15.5 Å². The van der Waals surface area contributed by atoms with E-state index >= 15 is 0 Å². The SMILES string of the molecule is Cc1noc(CNC(=O)CCS(=O)(=O)c2ccccc2)n1. The Labute approximate surface area is 122 Å². The van der Waals surface area contributed by atoms with Gasteiger partial charge in [-0.1, -0.05) is 23.4 Å². The van der Waals surface area contributed by atoms with Gasteiger partial charge in [0.25, 0.3) is 0 Å². The molecule has 0 saturated heterocycles. The van der Waals surface area contributed by atoms with E-state index in [1.165, 1.54) is 12.1 Å². The highest BCUT2D eigenvalue weighted by molar-refractivity contribution is 7.91. The summed E-state index contributed by atoms with van der Waals surface area (Å²) in [5.74, 6) is 0.133. The van der Waals surface area contributed by atoms with Gasteiger partial charge in [-0.25, -0.2) is 8.42 Å². The van der Waals surface area contributed by atoms with Crippen molar-refractivity contribution in [3.05, 3.63) is 42.0 Å². The summed E-state index contributed by atoms with van der Waals surface area (Å²) < 4.78 is 28.8. The summed E-state index contributed by atoms with van der Waals surface area (Å²) in [6, 6.07) is 8.04. The molecule has 112 valence electrons. The number of nitrogens with one attached hydrogen (secondary N) is 1. The van der Waals surface area contributed by atoms with Gasteiger partial charge >= 0.3 is 0 Å². The highest BCUT2D eigenvalue weighted by atomic mass is 32.2. The van der Waals surface area contributed by atoms with Crippen molar-refractivity contribution in [3.8, 4) is 0 Å². The molecule has 1 amide bonds. The van der Waals surface area contributed by atoms with E-state index in [4.69, 9.17) is 4.52 Å². The van der Waals surface area contributed by atoms with Crippen LogP contribution in [0.3, 0.4) is 0 Å². The van der Waals surface area contributed by atoms with Crippen LogP contribution in [0.1, 0.15) is 18.1 Å².